The van der Waals surface area contributed by atoms with Crippen molar-refractivity contribution in [1.82, 2.24) is 19.9 Å². The molecule has 0 radical (unpaired) electrons. The third-order valence-electron chi connectivity index (χ3n) is 5.20. The smallest absolute Gasteiger partial charge is 0.408 e. The van der Waals surface area contributed by atoms with Crippen molar-refractivity contribution in [3.63, 3.8) is 0 Å². The van der Waals surface area contributed by atoms with E-state index in [4.69, 9.17) is 9.97 Å². The normalized spacial score (nSPS) is 13.8. The van der Waals surface area contributed by atoms with Gasteiger partial charge in [0.15, 0.2) is 0 Å². The summed E-state index contributed by atoms with van der Waals surface area (Å²) in [6.45, 7) is 8.04. The second-order valence-electron chi connectivity index (χ2n) is 8.85. The number of hydrogen-bond donors (Lipinski definition) is 2. The summed E-state index contributed by atoms with van der Waals surface area (Å²) in [5, 5.41) is 13.8. The first kappa shape index (κ1) is 21.2. The minimum atomic E-state index is -0.927. The van der Waals surface area contributed by atoms with Crippen molar-refractivity contribution in [2.45, 2.75) is 58.5 Å². The Bertz CT molecular complexity index is 1080. The number of carbonyl (C=O) groups is 1. The van der Waals surface area contributed by atoms with E-state index >= 15 is 0 Å². The maximum Gasteiger partial charge on any atom is 0.408 e. The van der Waals surface area contributed by atoms with Gasteiger partial charge in [-0.15, -0.1) is 11.3 Å². The molecular weight excluding hydrogens is 410 g/mol. The summed E-state index contributed by atoms with van der Waals surface area (Å²) in [4.78, 5) is 27.9. The van der Waals surface area contributed by atoms with Crippen molar-refractivity contribution < 1.29 is 9.90 Å². The highest BCUT2D eigenvalue weighted by molar-refractivity contribution is 7.15. The minimum absolute atomic E-state index is 0.333. The van der Waals surface area contributed by atoms with Gasteiger partial charge in [-0.05, 0) is 64.3 Å². The Balaban J connectivity index is 1.49. The molecule has 31 heavy (non-hydrogen) atoms. The molecule has 0 spiro atoms. The van der Waals surface area contributed by atoms with Crippen LogP contribution in [0.1, 0.15) is 55.8 Å². The van der Waals surface area contributed by atoms with Crippen LogP contribution >= 0.6 is 11.3 Å². The van der Waals surface area contributed by atoms with Crippen molar-refractivity contribution in [1.29, 1.82) is 0 Å². The number of benzene rings is 1. The Morgan fingerprint density at radius 1 is 1.19 bits per heavy atom. The highest BCUT2D eigenvalue weighted by Crippen LogP contribution is 2.45. The van der Waals surface area contributed by atoms with Gasteiger partial charge < -0.3 is 10.4 Å². The van der Waals surface area contributed by atoms with Crippen LogP contribution in [0.5, 0.6) is 0 Å². The third kappa shape index (κ3) is 5.02. The van der Waals surface area contributed by atoms with Crippen molar-refractivity contribution in [3.8, 4) is 10.6 Å². The molecule has 0 aliphatic heterocycles. The molecule has 0 unspecified atom stereocenters. The quantitative estimate of drug-likeness (QED) is 0.506. The number of aryl methyl sites for hydroxylation is 1. The third-order valence-corrected chi connectivity index (χ3v) is 6.21. The predicted molar refractivity (Wildman–Crippen MR) is 123 cm³/mol. The molecular formula is C23H27N5O2S. The summed E-state index contributed by atoms with van der Waals surface area (Å²) in [7, 11) is 0. The largest absolute Gasteiger partial charge is 0.465 e. The Hall–Kier alpha value is -3.00. The summed E-state index contributed by atoms with van der Waals surface area (Å²) < 4.78 is 0. The lowest BCUT2D eigenvalue weighted by atomic mass is 10.1. The number of hydrogen-bond acceptors (Lipinski definition) is 6. The zero-order valence-corrected chi connectivity index (χ0v) is 19.0. The monoisotopic (exact) mass is 437 g/mol. The first-order chi connectivity index (χ1) is 14.7. The number of rotatable bonds is 6. The molecule has 1 saturated carbocycles. The molecule has 1 fully saturated rings. The number of amides is 1. The molecule has 3 aromatic rings. The molecule has 2 heterocycles. The number of thiazole rings is 1. The molecule has 2 aromatic heterocycles. The van der Waals surface area contributed by atoms with Crippen molar-refractivity contribution in [3.05, 3.63) is 52.8 Å². The van der Waals surface area contributed by atoms with Crippen LogP contribution in [0.3, 0.4) is 0 Å². The maximum absolute atomic E-state index is 11.6. The summed E-state index contributed by atoms with van der Waals surface area (Å²) in [5.74, 6) is 1.09. The van der Waals surface area contributed by atoms with Crippen LogP contribution < -0.4 is 5.32 Å². The van der Waals surface area contributed by atoms with E-state index in [1.165, 1.54) is 23.4 Å². The van der Waals surface area contributed by atoms with Gasteiger partial charge in [0.25, 0.3) is 0 Å². The predicted octanol–water partition coefficient (Wildman–Crippen LogP) is 5.81. The van der Waals surface area contributed by atoms with E-state index in [9.17, 15) is 9.90 Å². The minimum Gasteiger partial charge on any atom is -0.465 e. The van der Waals surface area contributed by atoms with Gasteiger partial charge in [0, 0.05) is 29.9 Å². The average molecular weight is 438 g/mol. The van der Waals surface area contributed by atoms with Crippen LogP contribution in [-0.4, -0.2) is 36.6 Å². The molecule has 7 nitrogen and oxygen atoms in total. The molecule has 4 rings (SSSR count). The first-order valence-electron chi connectivity index (χ1n) is 10.4. The molecule has 0 saturated heterocycles. The lowest BCUT2D eigenvalue weighted by Gasteiger charge is -2.33. The zero-order valence-electron chi connectivity index (χ0n) is 18.2. The fraction of sp³-hybridized carbons (Fsp3) is 0.391. The molecule has 8 heteroatoms. The summed E-state index contributed by atoms with van der Waals surface area (Å²) in [6.07, 6.45) is 3.24. The molecule has 1 aliphatic carbocycles. The molecule has 1 aromatic carbocycles. The van der Waals surface area contributed by atoms with E-state index < -0.39 is 11.6 Å². The van der Waals surface area contributed by atoms with E-state index in [2.05, 4.69) is 10.3 Å². The molecule has 1 amide bonds. The summed E-state index contributed by atoms with van der Waals surface area (Å²) >= 11 is 1.68. The molecule has 162 valence electrons. The van der Waals surface area contributed by atoms with E-state index in [1.54, 1.807) is 17.5 Å². The number of carboxylic acid groups (broad SMARTS) is 1. The Morgan fingerprint density at radius 2 is 1.90 bits per heavy atom. The summed E-state index contributed by atoms with van der Waals surface area (Å²) in [6, 6.07) is 9.61. The highest BCUT2D eigenvalue weighted by Gasteiger charge is 2.30. The van der Waals surface area contributed by atoms with Gasteiger partial charge in [0.05, 0.1) is 21.3 Å². The van der Waals surface area contributed by atoms with Crippen molar-refractivity contribution in [2.75, 3.05) is 5.32 Å². The maximum atomic E-state index is 11.6. The van der Waals surface area contributed by atoms with Gasteiger partial charge in [-0.2, -0.15) is 0 Å². The van der Waals surface area contributed by atoms with E-state index in [0.29, 0.717) is 18.4 Å². The van der Waals surface area contributed by atoms with Crippen LogP contribution in [0.15, 0.2) is 36.5 Å². The Labute approximate surface area is 186 Å². The van der Waals surface area contributed by atoms with Gasteiger partial charge in [-0.1, -0.05) is 12.1 Å². The van der Waals surface area contributed by atoms with Crippen LogP contribution in [0.2, 0.25) is 0 Å². The molecule has 2 N–H and O–H groups in total. The van der Waals surface area contributed by atoms with Crippen LogP contribution in [0.25, 0.3) is 10.6 Å². The highest BCUT2D eigenvalue weighted by atomic mass is 32.1. The molecule has 0 bridgehead atoms. The SMILES string of the molecule is Cc1nc(C2CC2)c(-c2ccnc(Nc3ccc(CN(C(=O)O)C(C)(C)C)cc3)n2)s1. The zero-order chi connectivity index (χ0) is 22.2. The Kier molecular flexibility index (Phi) is 5.66. The molecule has 0 atom stereocenters. The fourth-order valence-electron chi connectivity index (χ4n) is 3.40. The number of nitrogens with zero attached hydrogens (tertiary/aromatic N) is 4. The average Bonchev–Trinajstić information content (AvgIpc) is 3.48. The second kappa shape index (κ2) is 8.26. The number of anilines is 2. The first-order valence-corrected chi connectivity index (χ1v) is 11.2. The molecule has 1 aliphatic rings. The Morgan fingerprint density at radius 3 is 2.52 bits per heavy atom. The van der Waals surface area contributed by atoms with Crippen LogP contribution in [-0.2, 0) is 6.54 Å². The van der Waals surface area contributed by atoms with E-state index in [0.717, 1.165) is 26.8 Å². The van der Waals surface area contributed by atoms with Crippen LogP contribution in [0.4, 0.5) is 16.4 Å². The fourth-order valence-corrected chi connectivity index (χ4v) is 4.38. The van der Waals surface area contributed by atoms with Gasteiger partial charge in [0.1, 0.15) is 0 Å². The van der Waals surface area contributed by atoms with Gasteiger partial charge in [-0.3, -0.25) is 4.90 Å². The lowest BCUT2D eigenvalue weighted by molar-refractivity contribution is 0.0955. The van der Waals surface area contributed by atoms with E-state index in [1.807, 2.05) is 58.0 Å². The van der Waals surface area contributed by atoms with Crippen LogP contribution in [0, 0.1) is 6.92 Å². The number of aromatic nitrogens is 3. The van der Waals surface area contributed by atoms with E-state index in [-0.39, 0.29) is 0 Å². The second-order valence-corrected chi connectivity index (χ2v) is 10.1. The van der Waals surface area contributed by atoms with Gasteiger partial charge >= 0.3 is 6.09 Å². The van der Waals surface area contributed by atoms with Crippen molar-refractivity contribution in [2.24, 2.45) is 0 Å². The lowest BCUT2D eigenvalue weighted by Crippen LogP contribution is -2.44. The topological polar surface area (TPSA) is 91.2 Å². The van der Waals surface area contributed by atoms with Crippen molar-refractivity contribution >= 4 is 29.1 Å². The summed E-state index contributed by atoms with van der Waals surface area (Å²) in [5.41, 5.74) is 3.36. The van der Waals surface area contributed by atoms with Gasteiger partial charge in [0.2, 0.25) is 5.95 Å². The standard InChI is InChI=1S/C23H27N5O2S/c1-14-25-19(16-7-8-16)20(31-14)18-11-12-24-21(27-18)26-17-9-5-15(6-10-17)13-28(22(29)30)23(2,3)4/h5-6,9-12,16H,7-8,13H2,1-4H3,(H,29,30)(H,24,26,27). The van der Waals surface area contributed by atoms with Gasteiger partial charge in [-0.25, -0.2) is 19.7 Å². The number of nitrogens with one attached hydrogen (secondary N) is 1.